The van der Waals surface area contributed by atoms with E-state index in [4.69, 9.17) is 16.7 Å². The molecule has 0 aliphatic rings. The van der Waals surface area contributed by atoms with Crippen molar-refractivity contribution in [1.29, 1.82) is 0 Å². The number of aromatic carboxylic acids is 1. The molecule has 0 spiro atoms. The molecule has 0 saturated heterocycles. The monoisotopic (exact) mass is 239 g/mol. The van der Waals surface area contributed by atoms with Crippen LogP contribution in [0.25, 0.3) is 5.65 Å². The van der Waals surface area contributed by atoms with Crippen molar-refractivity contribution >= 4 is 23.2 Å². The van der Waals surface area contributed by atoms with Crippen LogP contribution in [0, 0.1) is 0 Å². The zero-order valence-corrected chi connectivity index (χ0v) is 9.56. The fourth-order valence-corrected chi connectivity index (χ4v) is 1.67. The molecule has 2 aromatic heterocycles. The van der Waals surface area contributed by atoms with Crippen LogP contribution in [-0.2, 0) is 0 Å². The summed E-state index contributed by atoms with van der Waals surface area (Å²) in [6, 6.07) is 3.23. The molecule has 84 valence electrons. The van der Waals surface area contributed by atoms with Crippen LogP contribution < -0.4 is 0 Å². The Morgan fingerprint density at radius 1 is 1.50 bits per heavy atom. The normalized spacial score (nSPS) is 11.2. The average molecular weight is 240 g/mol. The lowest BCUT2D eigenvalue weighted by Gasteiger charge is -2.01. The molecule has 0 saturated carbocycles. The summed E-state index contributed by atoms with van der Waals surface area (Å²) >= 11 is 5.73. The first-order valence-electron chi connectivity index (χ1n) is 4.79. The molecule has 0 aliphatic carbocycles. The van der Waals surface area contributed by atoms with Gasteiger partial charge in [0.2, 0.25) is 0 Å². The summed E-state index contributed by atoms with van der Waals surface area (Å²) in [5, 5.41) is 13.3. The maximum atomic E-state index is 11.2. The molecule has 0 aliphatic heterocycles. The number of nitrogens with zero attached hydrogens (tertiary/aromatic N) is 3. The summed E-state index contributed by atoms with van der Waals surface area (Å²) in [5.74, 6) is -1.03. The smallest absolute Gasteiger partial charge is 0.356 e. The van der Waals surface area contributed by atoms with Gasteiger partial charge in [-0.1, -0.05) is 25.4 Å². The summed E-state index contributed by atoms with van der Waals surface area (Å²) < 4.78 is 1.26. The van der Waals surface area contributed by atoms with Gasteiger partial charge in [0.05, 0.1) is 5.69 Å². The third kappa shape index (κ3) is 1.63. The van der Waals surface area contributed by atoms with E-state index >= 15 is 0 Å². The number of carbonyl (C=O) groups is 1. The van der Waals surface area contributed by atoms with Gasteiger partial charge in [-0.3, -0.25) is 0 Å². The molecular formula is C10H10ClN3O2. The van der Waals surface area contributed by atoms with Crippen LogP contribution in [0.1, 0.15) is 35.9 Å². The Hall–Kier alpha value is -1.62. The number of hydrogen-bond acceptors (Lipinski definition) is 3. The van der Waals surface area contributed by atoms with E-state index in [0.29, 0.717) is 11.3 Å². The lowest BCUT2D eigenvalue weighted by atomic mass is 10.1. The SMILES string of the molecule is CC(C)c1nc2ccc(Cl)nn2c1C(=O)O. The number of carboxylic acids is 1. The number of fused-ring (bicyclic) bond motifs is 1. The van der Waals surface area contributed by atoms with Crippen molar-refractivity contribution in [3.63, 3.8) is 0 Å². The van der Waals surface area contributed by atoms with Crippen molar-refractivity contribution in [2.75, 3.05) is 0 Å². The zero-order chi connectivity index (χ0) is 11.9. The van der Waals surface area contributed by atoms with Crippen LogP contribution in [0.5, 0.6) is 0 Å². The van der Waals surface area contributed by atoms with Gasteiger partial charge in [-0.2, -0.15) is 5.10 Å². The lowest BCUT2D eigenvalue weighted by molar-refractivity contribution is 0.0686. The summed E-state index contributed by atoms with van der Waals surface area (Å²) in [4.78, 5) is 15.4. The van der Waals surface area contributed by atoms with Gasteiger partial charge >= 0.3 is 5.97 Å². The molecule has 16 heavy (non-hydrogen) atoms. The molecule has 0 fully saturated rings. The van der Waals surface area contributed by atoms with Crippen LogP contribution in [0.2, 0.25) is 5.15 Å². The molecule has 6 heteroatoms. The molecule has 0 aromatic carbocycles. The Morgan fingerprint density at radius 2 is 2.19 bits per heavy atom. The van der Waals surface area contributed by atoms with E-state index in [-0.39, 0.29) is 16.8 Å². The minimum absolute atomic E-state index is 0.0200. The van der Waals surface area contributed by atoms with Crippen molar-refractivity contribution in [2.24, 2.45) is 0 Å². The predicted molar refractivity (Wildman–Crippen MR) is 59.0 cm³/mol. The Balaban J connectivity index is 2.82. The second-order valence-corrected chi connectivity index (χ2v) is 4.12. The highest BCUT2D eigenvalue weighted by Crippen LogP contribution is 2.20. The van der Waals surface area contributed by atoms with Gasteiger partial charge in [-0.05, 0) is 18.1 Å². The van der Waals surface area contributed by atoms with E-state index < -0.39 is 5.97 Å². The molecule has 2 heterocycles. The third-order valence-electron chi connectivity index (χ3n) is 2.22. The van der Waals surface area contributed by atoms with Crippen molar-refractivity contribution in [3.8, 4) is 0 Å². The quantitative estimate of drug-likeness (QED) is 0.873. The number of halogens is 1. The minimum Gasteiger partial charge on any atom is -0.476 e. The highest BCUT2D eigenvalue weighted by Gasteiger charge is 2.21. The van der Waals surface area contributed by atoms with Gasteiger partial charge in [0.15, 0.2) is 11.3 Å². The van der Waals surface area contributed by atoms with E-state index in [9.17, 15) is 4.79 Å². The van der Waals surface area contributed by atoms with Crippen LogP contribution in [0.3, 0.4) is 0 Å². The Bertz CT molecular complexity index is 562. The van der Waals surface area contributed by atoms with Gasteiger partial charge in [0.25, 0.3) is 0 Å². The number of imidazole rings is 1. The van der Waals surface area contributed by atoms with E-state index in [1.165, 1.54) is 4.52 Å². The van der Waals surface area contributed by atoms with Crippen LogP contribution >= 0.6 is 11.6 Å². The maximum Gasteiger partial charge on any atom is 0.356 e. The number of rotatable bonds is 2. The van der Waals surface area contributed by atoms with Crippen molar-refractivity contribution in [2.45, 2.75) is 19.8 Å². The molecule has 0 amide bonds. The number of aromatic nitrogens is 3. The van der Waals surface area contributed by atoms with Gasteiger partial charge in [-0.15, -0.1) is 0 Å². The second-order valence-electron chi connectivity index (χ2n) is 3.73. The highest BCUT2D eigenvalue weighted by molar-refractivity contribution is 6.29. The molecular weight excluding hydrogens is 230 g/mol. The van der Waals surface area contributed by atoms with E-state index in [1.54, 1.807) is 12.1 Å². The fraction of sp³-hybridized carbons (Fsp3) is 0.300. The summed E-state index contributed by atoms with van der Waals surface area (Å²) in [6.45, 7) is 3.77. The number of hydrogen-bond donors (Lipinski definition) is 1. The first-order chi connectivity index (χ1) is 7.50. The molecule has 2 aromatic rings. The van der Waals surface area contributed by atoms with Gasteiger partial charge in [-0.25, -0.2) is 14.3 Å². The molecule has 0 atom stereocenters. The molecule has 0 bridgehead atoms. The Kier molecular flexibility index (Phi) is 2.55. The summed E-state index contributed by atoms with van der Waals surface area (Å²) in [6.07, 6.45) is 0. The second kappa shape index (κ2) is 3.75. The molecule has 5 nitrogen and oxygen atoms in total. The largest absolute Gasteiger partial charge is 0.476 e. The van der Waals surface area contributed by atoms with Crippen LogP contribution in [0.15, 0.2) is 12.1 Å². The highest BCUT2D eigenvalue weighted by atomic mass is 35.5. The third-order valence-corrected chi connectivity index (χ3v) is 2.42. The summed E-state index contributed by atoms with van der Waals surface area (Å²) in [5.41, 5.74) is 1.08. The van der Waals surface area contributed by atoms with Crippen molar-refractivity contribution in [1.82, 2.24) is 14.6 Å². The fourth-order valence-electron chi connectivity index (χ4n) is 1.53. The van der Waals surface area contributed by atoms with Gasteiger partial charge < -0.3 is 5.11 Å². The molecule has 1 N–H and O–H groups in total. The standard InChI is InChI=1S/C10H10ClN3O2/c1-5(2)8-9(10(15)16)14-7(12-8)4-3-6(11)13-14/h3-5H,1-2H3,(H,15,16). The molecule has 0 radical (unpaired) electrons. The lowest BCUT2D eigenvalue weighted by Crippen LogP contribution is -2.08. The van der Waals surface area contributed by atoms with E-state index in [2.05, 4.69) is 10.1 Å². The zero-order valence-electron chi connectivity index (χ0n) is 8.81. The Labute approximate surface area is 96.7 Å². The van der Waals surface area contributed by atoms with E-state index in [0.717, 1.165) is 0 Å². The van der Waals surface area contributed by atoms with Crippen molar-refractivity contribution in [3.05, 3.63) is 28.7 Å². The topological polar surface area (TPSA) is 67.5 Å². The predicted octanol–water partition coefficient (Wildman–Crippen LogP) is 2.20. The summed E-state index contributed by atoms with van der Waals surface area (Å²) in [7, 11) is 0. The van der Waals surface area contributed by atoms with Gasteiger partial charge in [0, 0.05) is 0 Å². The molecule has 2 rings (SSSR count). The minimum atomic E-state index is -1.05. The van der Waals surface area contributed by atoms with Crippen LogP contribution in [-0.4, -0.2) is 25.7 Å². The maximum absolute atomic E-state index is 11.2. The van der Waals surface area contributed by atoms with Gasteiger partial charge in [0.1, 0.15) is 5.15 Å². The number of carboxylic acid groups (broad SMARTS) is 1. The van der Waals surface area contributed by atoms with Crippen molar-refractivity contribution < 1.29 is 9.90 Å². The van der Waals surface area contributed by atoms with E-state index in [1.807, 2.05) is 13.8 Å². The van der Waals surface area contributed by atoms with Crippen LogP contribution in [0.4, 0.5) is 0 Å². The molecule has 0 unspecified atom stereocenters. The Morgan fingerprint density at radius 3 is 2.75 bits per heavy atom. The first-order valence-corrected chi connectivity index (χ1v) is 5.17. The average Bonchev–Trinajstić information content (AvgIpc) is 2.55. The first kappa shape index (κ1) is 10.9.